The van der Waals surface area contributed by atoms with Crippen molar-refractivity contribution in [1.82, 2.24) is 10.6 Å². The number of carbonyl (C=O) groups excluding carboxylic acids is 1. The third kappa shape index (κ3) is 5.00. The molecule has 0 bridgehead atoms. The van der Waals surface area contributed by atoms with E-state index in [0.29, 0.717) is 25.1 Å². The summed E-state index contributed by atoms with van der Waals surface area (Å²) in [6.07, 6.45) is 3.08. The predicted octanol–water partition coefficient (Wildman–Crippen LogP) is 0.215. The number of hydrogen-bond donors (Lipinski definition) is 3. The molecule has 4 N–H and O–H groups in total. The van der Waals surface area contributed by atoms with Crippen molar-refractivity contribution in [3.63, 3.8) is 0 Å². The number of amides is 1. The molecule has 16 heavy (non-hydrogen) atoms. The van der Waals surface area contributed by atoms with Crippen molar-refractivity contribution in [3.8, 4) is 0 Å². The Bertz CT molecular complexity index is 261. The van der Waals surface area contributed by atoms with E-state index in [1.165, 1.54) is 0 Å². The number of nitrogens with two attached hydrogens (primary N) is 1. The first-order valence-electron chi connectivity index (χ1n) is 5.97. The molecule has 0 aromatic rings. The fourth-order valence-corrected chi connectivity index (χ4v) is 1.25. The number of nitrogens with zero attached hydrogens (tertiary/aromatic N) is 1. The van der Waals surface area contributed by atoms with Gasteiger partial charge in [0, 0.05) is 18.5 Å². The van der Waals surface area contributed by atoms with Crippen LogP contribution in [0.2, 0.25) is 0 Å². The average molecular weight is 226 g/mol. The summed E-state index contributed by atoms with van der Waals surface area (Å²) < 4.78 is 0. The summed E-state index contributed by atoms with van der Waals surface area (Å²) in [5, 5.41) is 5.91. The molecule has 1 aliphatic rings. The highest BCUT2D eigenvalue weighted by Crippen LogP contribution is 2.28. The van der Waals surface area contributed by atoms with Crippen LogP contribution in [0.4, 0.5) is 0 Å². The first-order chi connectivity index (χ1) is 7.63. The molecule has 1 rings (SSSR count). The first kappa shape index (κ1) is 12.8. The molecule has 0 spiro atoms. The van der Waals surface area contributed by atoms with Gasteiger partial charge in [0.05, 0.1) is 6.54 Å². The van der Waals surface area contributed by atoms with Gasteiger partial charge in [0.2, 0.25) is 5.91 Å². The number of guanidine groups is 1. The molecule has 0 radical (unpaired) electrons. The molecule has 5 heteroatoms. The van der Waals surface area contributed by atoms with Crippen LogP contribution in [0.1, 0.15) is 33.1 Å². The Kier molecular flexibility index (Phi) is 5.08. The minimum absolute atomic E-state index is 0.156. The van der Waals surface area contributed by atoms with Crippen LogP contribution < -0.4 is 16.4 Å². The number of rotatable bonds is 6. The van der Waals surface area contributed by atoms with Gasteiger partial charge in [0.25, 0.3) is 0 Å². The van der Waals surface area contributed by atoms with Gasteiger partial charge in [-0.15, -0.1) is 0 Å². The first-order valence-corrected chi connectivity index (χ1v) is 5.97. The third-order valence-electron chi connectivity index (χ3n) is 2.65. The van der Waals surface area contributed by atoms with E-state index in [-0.39, 0.29) is 11.8 Å². The summed E-state index contributed by atoms with van der Waals surface area (Å²) >= 11 is 0. The van der Waals surface area contributed by atoms with Crippen molar-refractivity contribution in [2.75, 3.05) is 13.1 Å². The molecule has 0 aromatic heterocycles. The zero-order valence-electron chi connectivity index (χ0n) is 10.1. The highest BCUT2D eigenvalue weighted by molar-refractivity contribution is 5.81. The minimum Gasteiger partial charge on any atom is -0.370 e. The van der Waals surface area contributed by atoms with Crippen molar-refractivity contribution in [2.24, 2.45) is 16.6 Å². The Labute approximate surface area is 96.9 Å². The Morgan fingerprint density at radius 2 is 2.25 bits per heavy atom. The molecular formula is C11H22N4O. The van der Waals surface area contributed by atoms with E-state index in [0.717, 1.165) is 19.3 Å². The van der Waals surface area contributed by atoms with Crippen LogP contribution in [0.3, 0.4) is 0 Å². The zero-order valence-corrected chi connectivity index (χ0v) is 10.1. The number of carbonyl (C=O) groups is 1. The minimum atomic E-state index is 0.156. The maximum atomic E-state index is 11.3. The molecule has 1 aliphatic carbocycles. The lowest BCUT2D eigenvalue weighted by molar-refractivity contribution is -0.122. The molecule has 92 valence electrons. The topological polar surface area (TPSA) is 79.5 Å². The molecule has 1 unspecified atom stereocenters. The average Bonchev–Trinajstić information content (AvgIpc) is 3.07. The molecule has 0 heterocycles. The SMILES string of the molecule is CCC(C)NC(N)=NCCNC(=O)C1CC1. The molecule has 0 aliphatic heterocycles. The van der Waals surface area contributed by atoms with Crippen molar-refractivity contribution in [3.05, 3.63) is 0 Å². The van der Waals surface area contributed by atoms with Crippen LogP contribution in [-0.4, -0.2) is 31.0 Å². The number of hydrogen-bond acceptors (Lipinski definition) is 2. The summed E-state index contributed by atoms with van der Waals surface area (Å²) in [5.41, 5.74) is 5.67. The maximum Gasteiger partial charge on any atom is 0.223 e. The standard InChI is InChI=1S/C11H22N4O/c1-3-8(2)15-11(12)14-7-6-13-10(16)9-4-5-9/h8-9H,3-7H2,1-2H3,(H,13,16)(H3,12,14,15). The lowest BCUT2D eigenvalue weighted by Gasteiger charge is -2.11. The normalized spacial score (nSPS) is 18.0. The van der Waals surface area contributed by atoms with E-state index >= 15 is 0 Å². The zero-order chi connectivity index (χ0) is 12.0. The molecule has 1 atom stereocenters. The van der Waals surface area contributed by atoms with E-state index < -0.39 is 0 Å². The monoisotopic (exact) mass is 226 g/mol. The highest BCUT2D eigenvalue weighted by atomic mass is 16.2. The molecule has 1 amide bonds. The van der Waals surface area contributed by atoms with Crippen LogP contribution in [0.5, 0.6) is 0 Å². The molecule has 1 saturated carbocycles. The van der Waals surface area contributed by atoms with Gasteiger partial charge in [0.1, 0.15) is 0 Å². The van der Waals surface area contributed by atoms with Gasteiger partial charge in [-0.05, 0) is 26.2 Å². The van der Waals surface area contributed by atoms with Crippen molar-refractivity contribution in [1.29, 1.82) is 0 Å². The molecule has 1 fully saturated rings. The molecule has 0 saturated heterocycles. The summed E-state index contributed by atoms with van der Waals surface area (Å²) in [6.45, 7) is 5.24. The summed E-state index contributed by atoms with van der Waals surface area (Å²) in [6, 6.07) is 0.338. The fourth-order valence-electron chi connectivity index (χ4n) is 1.25. The Morgan fingerprint density at radius 1 is 1.56 bits per heavy atom. The van der Waals surface area contributed by atoms with Crippen LogP contribution in [0, 0.1) is 5.92 Å². The predicted molar refractivity (Wildman–Crippen MR) is 65.1 cm³/mol. The molecule has 5 nitrogen and oxygen atoms in total. The largest absolute Gasteiger partial charge is 0.370 e. The molecule has 0 aromatic carbocycles. The van der Waals surface area contributed by atoms with E-state index in [2.05, 4.69) is 29.5 Å². The van der Waals surface area contributed by atoms with Crippen LogP contribution in [-0.2, 0) is 4.79 Å². The summed E-state index contributed by atoms with van der Waals surface area (Å²) in [5.74, 6) is 0.873. The quantitative estimate of drug-likeness (QED) is 0.344. The lowest BCUT2D eigenvalue weighted by Crippen LogP contribution is -2.38. The van der Waals surface area contributed by atoms with Crippen LogP contribution >= 0.6 is 0 Å². The second-order valence-corrected chi connectivity index (χ2v) is 4.29. The van der Waals surface area contributed by atoms with E-state index in [9.17, 15) is 4.79 Å². The summed E-state index contributed by atoms with van der Waals surface area (Å²) in [7, 11) is 0. The fraction of sp³-hybridized carbons (Fsp3) is 0.818. The van der Waals surface area contributed by atoms with Gasteiger partial charge < -0.3 is 16.4 Å². The van der Waals surface area contributed by atoms with Gasteiger partial charge in [-0.2, -0.15) is 0 Å². The molecular weight excluding hydrogens is 204 g/mol. The maximum absolute atomic E-state index is 11.3. The highest BCUT2D eigenvalue weighted by Gasteiger charge is 2.28. The van der Waals surface area contributed by atoms with Crippen molar-refractivity contribution in [2.45, 2.75) is 39.2 Å². The van der Waals surface area contributed by atoms with Crippen LogP contribution in [0.25, 0.3) is 0 Å². The van der Waals surface area contributed by atoms with Gasteiger partial charge in [0.15, 0.2) is 5.96 Å². The lowest BCUT2D eigenvalue weighted by atomic mass is 10.3. The van der Waals surface area contributed by atoms with Crippen LogP contribution in [0.15, 0.2) is 4.99 Å². The van der Waals surface area contributed by atoms with E-state index in [1.807, 2.05) is 0 Å². The Balaban J connectivity index is 2.07. The third-order valence-corrected chi connectivity index (χ3v) is 2.65. The Morgan fingerprint density at radius 3 is 2.81 bits per heavy atom. The van der Waals surface area contributed by atoms with Crippen molar-refractivity contribution < 1.29 is 4.79 Å². The Hall–Kier alpha value is -1.26. The van der Waals surface area contributed by atoms with Gasteiger partial charge in [-0.25, -0.2) is 0 Å². The van der Waals surface area contributed by atoms with Crippen molar-refractivity contribution >= 4 is 11.9 Å². The van der Waals surface area contributed by atoms with Gasteiger partial charge >= 0.3 is 0 Å². The van der Waals surface area contributed by atoms with E-state index in [1.54, 1.807) is 0 Å². The number of aliphatic imine (C=N–C) groups is 1. The smallest absolute Gasteiger partial charge is 0.223 e. The van der Waals surface area contributed by atoms with E-state index in [4.69, 9.17) is 5.73 Å². The van der Waals surface area contributed by atoms with Gasteiger partial charge in [-0.3, -0.25) is 9.79 Å². The second kappa shape index (κ2) is 6.35. The van der Waals surface area contributed by atoms with Gasteiger partial charge in [-0.1, -0.05) is 6.92 Å². The second-order valence-electron chi connectivity index (χ2n) is 4.29. The summed E-state index contributed by atoms with van der Waals surface area (Å²) in [4.78, 5) is 15.4. The number of nitrogens with one attached hydrogen (secondary N) is 2.